The number of rotatable bonds is 5. The molecule has 1 aliphatic rings. The van der Waals surface area contributed by atoms with Crippen molar-refractivity contribution >= 4 is 11.7 Å². The van der Waals surface area contributed by atoms with Crippen LogP contribution in [0.25, 0.3) is 0 Å². The summed E-state index contributed by atoms with van der Waals surface area (Å²) < 4.78 is 52.6. The minimum atomic E-state index is -4.60. The number of hydrogen-bond acceptors (Lipinski definition) is 5. The van der Waals surface area contributed by atoms with E-state index < -0.39 is 23.6 Å². The fraction of sp³-hybridized carbons (Fsp3) is 0.364. The normalized spacial score (nSPS) is 16.2. The van der Waals surface area contributed by atoms with Crippen molar-refractivity contribution in [3.05, 3.63) is 64.5 Å². The summed E-state index contributed by atoms with van der Waals surface area (Å²) >= 11 is 0. The maximum Gasteiger partial charge on any atom is 0.416 e. The molecule has 1 atom stereocenters. The molecule has 160 valence electrons. The highest BCUT2D eigenvalue weighted by Crippen LogP contribution is 2.48. The van der Waals surface area contributed by atoms with Crippen LogP contribution in [0.15, 0.2) is 47.8 Å². The molecule has 2 aromatic rings. The van der Waals surface area contributed by atoms with E-state index in [9.17, 15) is 18.0 Å². The van der Waals surface area contributed by atoms with Gasteiger partial charge in [0, 0.05) is 23.1 Å². The Hall–Kier alpha value is -3.03. The van der Waals surface area contributed by atoms with Crippen LogP contribution < -0.4 is 10.1 Å². The number of alkyl halides is 3. The van der Waals surface area contributed by atoms with Crippen LogP contribution in [0.4, 0.5) is 18.9 Å². The fourth-order valence-electron chi connectivity index (χ4n) is 3.59. The first-order valence-electron chi connectivity index (χ1n) is 9.61. The zero-order valence-corrected chi connectivity index (χ0v) is 17.1. The highest BCUT2D eigenvalue weighted by atomic mass is 19.4. The number of aromatic nitrogens is 1. The maximum absolute atomic E-state index is 13.9. The number of fused-ring (bicyclic) bond motifs is 1. The Balaban J connectivity index is 2.33. The summed E-state index contributed by atoms with van der Waals surface area (Å²) in [6, 6.07) is 6.88. The number of carbonyl (C=O) groups excluding carboxylic acids is 1. The summed E-state index contributed by atoms with van der Waals surface area (Å²) in [4.78, 5) is 17.1. The number of ether oxygens (including phenoxy) is 2. The van der Waals surface area contributed by atoms with E-state index in [0.29, 0.717) is 16.9 Å². The monoisotopic (exact) mass is 420 g/mol. The summed E-state index contributed by atoms with van der Waals surface area (Å²) in [6.07, 6.45) is -3.35. The number of allylic oxidation sites excluding steroid dienone is 1. The highest BCUT2D eigenvalue weighted by Gasteiger charge is 2.42. The second-order valence-electron chi connectivity index (χ2n) is 7.15. The summed E-state index contributed by atoms with van der Waals surface area (Å²) in [7, 11) is 0. The largest absolute Gasteiger partial charge is 0.475 e. The SMILES string of the molecule is CCOC(=O)C1=C(C)Nc2ccnc(OC(C)C)c2C1c1ccccc1C(F)(F)F. The van der Waals surface area contributed by atoms with Crippen LogP contribution in [-0.2, 0) is 15.7 Å². The highest BCUT2D eigenvalue weighted by molar-refractivity contribution is 5.95. The molecule has 0 fully saturated rings. The van der Waals surface area contributed by atoms with Crippen LogP contribution in [0.1, 0.15) is 50.3 Å². The quantitative estimate of drug-likeness (QED) is 0.667. The van der Waals surface area contributed by atoms with Gasteiger partial charge in [-0.25, -0.2) is 9.78 Å². The van der Waals surface area contributed by atoms with Crippen LogP contribution in [0.2, 0.25) is 0 Å². The molecular weight excluding hydrogens is 397 g/mol. The number of halogens is 3. The molecule has 0 radical (unpaired) electrons. The Morgan fingerprint density at radius 3 is 2.57 bits per heavy atom. The van der Waals surface area contributed by atoms with Crippen LogP contribution >= 0.6 is 0 Å². The van der Waals surface area contributed by atoms with Gasteiger partial charge in [-0.05, 0) is 45.4 Å². The Bertz CT molecular complexity index is 984. The zero-order chi connectivity index (χ0) is 22.1. The van der Waals surface area contributed by atoms with Crippen molar-refractivity contribution in [2.24, 2.45) is 0 Å². The lowest BCUT2D eigenvalue weighted by molar-refractivity contribution is -0.140. The molecule has 1 N–H and O–H groups in total. The van der Waals surface area contributed by atoms with Gasteiger partial charge < -0.3 is 14.8 Å². The minimum absolute atomic E-state index is 0.0586. The average molecular weight is 420 g/mol. The van der Waals surface area contributed by atoms with Gasteiger partial charge in [-0.15, -0.1) is 0 Å². The van der Waals surface area contributed by atoms with Gasteiger partial charge in [-0.2, -0.15) is 13.2 Å². The van der Waals surface area contributed by atoms with Crippen molar-refractivity contribution in [1.29, 1.82) is 0 Å². The van der Waals surface area contributed by atoms with Crippen LogP contribution in [0.3, 0.4) is 0 Å². The molecule has 8 heteroatoms. The Morgan fingerprint density at radius 2 is 1.93 bits per heavy atom. The van der Waals surface area contributed by atoms with E-state index in [-0.39, 0.29) is 29.7 Å². The van der Waals surface area contributed by atoms with Gasteiger partial charge in [0.05, 0.1) is 29.8 Å². The third-order valence-corrected chi connectivity index (χ3v) is 4.68. The van der Waals surface area contributed by atoms with Crippen LogP contribution in [-0.4, -0.2) is 23.7 Å². The molecule has 0 saturated carbocycles. The van der Waals surface area contributed by atoms with E-state index in [0.717, 1.165) is 6.07 Å². The summed E-state index contributed by atoms with van der Waals surface area (Å²) in [5.74, 6) is -1.57. The second kappa shape index (κ2) is 8.38. The molecule has 0 aliphatic carbocycles. The first-order chi connectivity index (χ1) is 14.1. The van der Waals surface area contributed by atoms with E-state index in [1.54, 1.807) is 33.8 Å². The van der Waals surface area contributed by atoms with Crippen molar-refractivity contribution in [2.45, 2.75) is 45.9 Å². The number of benzene rings is 1. The molecule has 2 heterocycles. The van der Waals surface area contributed by atoms with E-state index in [1.165, 1.54) is 24.4 Å². The van der Waals surface area contributed by atoms with Gasteiger partial charge in [-0.3, -0.25) is 0 Å². The van der Waals surface area contributed by atoms with Crippen LogP contribution in [0.5, 0.6) is 5.88 Å². The van der Waals surface area contributed by atoms with Crippen molar-refractivity contribution in [3.8, 4) is 5.88 Å². The Morgan fingerprint density at radius 1 is 1.23 bits per heavy atom. The van der Waals surface area contributed by atoms with E-state index in [2.05, 4.69) is 10.3 Å². The van der Waals surface area contributed by atoms with Crippen molar-refractivity contribution in [3.63, 3.8) is 0 Å². The number of hydrogen-bond donors (Lipinski definition) is 1. The lowest BCUT2D eigenvalue weighted by Crippen LogP contribution is -2.27. The molecule has 1 aromatic heterocycles. The molecule has 1 aromatic carbocycles. The molecule has 0 spiro atoms. The molecule has 30 heavy (non-hydrogen) atoms. The molecule has 5 nitrogen and oxygen atoms in total. The number of pyridine rings is 1. The molecule has 0 bridgehead atoms. The standard InChI is InChI=1S/C22H23F3N2O3/c1-5-29-21(28)17-13(4)27-16-10-11-26-20(30-12(2)3)19(16)18(17)14-8-6-7-9-15(14)22(23,24)25/h6-12,18,27H,5H2,1-4H3. The van der Waals surface area contributed by atoms with Crippen molar-refractivity contribution in [1.82, 2.24) is 4.98 Å². The van der Waals surface area contributed by atoms with Gasteiger partial charge in [0.15, 0.2) is 0 Å². The predicted octanol–water partition coefficient (Wildman–Crippen LogP) is 5.28. The molecular formula is C22H23F3N2O3. The van der Waals surface area contributed by atoms with E-state index in [1.807, 2.05) is 0 Å². The topological polar surface area (TPSA) is 60.5 Å². The average Bonchev–Trinajstić information content (AvgIpc) is 2.66. The van der Waals surface area contributed by atoms with E-state index >= 15 is 0 Å². The maximum atomic E-state index is 13.9. The van der Waals surface area contributed by atoms with Crippen LogP contribution in [0, 0.1) is 0 Å². The lowest BCUT2D eigenvalue weighted by Gasteiger charge is -2.32. The van der Waals surface area contributed by atoms with Gasteiger partial charge in [0.2, 0.25) is 5.88 Å². The third kappa shape index (κ3) is 4.13. The third-order valence-electron chi connectivity index (χ3n) is 4.68. The number of carbonyl (C=O) groups is 1. The zero-order valence-electron chi connectivity index (χ0n) is 17.1. The number of esters is 1. The Kier molecular flexibility index (Phi) is 6.05. The van der Waals surface area contributed by atoms with E-state index in [4.69, 9.17) is 9.47 Å². The number of nitrogens with one attached hydrogen (secondary N) is 1. The van der Waals surface area contributed by atoms with Crippen molar-refractivity contribution in [2.75, 3.05) is 11.9 Å². The number of nitrogens with zero attached hydrogens (tertiary/aromatic N) is 1. The summed E-state index contributed by atoms with van der Waals surface area (Å²) in [5.41, 5.74) is 0.547. The van der Waals surface area contributed by atoms with Crippen molar-refractivity contribution < 1.29 is 27.4 Å². The van der Waals surface area contributed by atoms with Gasteiger partial charge >= 0.3 is 12.1 Å². The minimum Gasteiger partial charge on any atom is -0.475 e. The fourth-order valence-corrected chi connectivity index (χ4v) is 3.59. The summed E-state index contributed by atoms with van der Waals surface area (Å²) in [6.45, 7) is 6.97. The second-order valence-corrected chi connectivity index (χ2v) is 7.15. The molecule has 0 amide bonds. The smallest absolute Gasteiger partial charge is 0.416 e. The van der Waals surface area contributed by atoms with Gasteiger partial charge in [0.25, 0.3) is 0 Å². The molecule has 0 saturated heterocycles. The number of anilines is 1. The van der Waals surface area contributed by atoms with Gasteiger partial charge in [-0.1, -0.05) is 18.2 Å². The predicted molar refractivity (Wildman–Crippen MR) is 106 cm³/mol. The first-order valence-corrected chi connectivity index (χ1v) is 9.61. The van der Waals surface area contributed by atoms with Gasteiger partial charge in [0.1, 0.15) is 0 Å². The first kappa shape index (κ1) is 21.7. The Labute approximate surface area is 172 Å². The molecule has 1 aliphatic heterocycles. The summed E-state index contributed by atoms with van der Waals surface area (Å²) in [5, 5.41) is 3.10. The lowest BCUT2D eigenvalue weighted by atomic mass is 9.79. The molecule has 1 unspecified atom stereocenters. The molecule has 3 rings (SSSR count).